The number of aromatic nitrogens is 1. The Labute approximate surface area is 133 Å². The number of nitrogens with zero attached hydrogens (tertiary/aromatic N) is 2. The van der Waals surface area contributed by atoms with E-state index in [0.29, 0.717) is 13.1 Å². The second kappa shape index (κ2) is 6.40. The van der Waals surface area contributed by atoms with Crippen LogP contribution in [0.15, 0.2) is 36.5 Å². The molecular weight excluding hydrogens is 300 g/mol. The maximum atomic E-state index is 13.7. The van der Waals surface area contributed by atoms with Crippen LogP contribution in [0.25, 0.3) is 0 Å². The van der Waals surface area contributed by atoms with E-state index in [-0.39, 0.29) is 17.8 Å². The average molecular weight is 319 g/mol. The molecule has 0 unspecified atom stereocenters. The highest BCUT2D eigenvalue weighted by molar-refractivity contribution is 5.89. The average Bonchev–Trinajstić information content (AvgIpc) is 2.99. The fourth-order valence-corrected chi connectivity index (χ4v) is 3.06. The summed E-state index contributed by atoms with van der Waals surface area (Å²) in [4.78, 5) is 14.3. The van der Waals surface area contributed by atoms with E-state index in [1.165, 1.54) is 6.07 Å². The molecule has 4 nitrogen and oxygen atoms in total. The Morgan fingerprint density at radius 2 is 2.13 bits per heavy atom. The molecule has 1 aromatic carbocycles. The van der Waals surface area contributed by atoms with Crippen molar-refractivity contribution in [1.82, 2.24) is 9.47 Å². The van der Waals surface area contributed by atoms with Gasteiger partial charge in [0.1, 0.15) is 11.6 Å². The molecule has 0 fully saturated rings. The lowest BCUT2D eigenvalue weighted by molar-refractivity contribution is 0.163. The van der Waals surface area contributed by atoms with Crippen molar-refractivity contribution in [3.63, 3.8) is 0 Å². The normalized spacial score (nSPS) is 17.0. The summed E-state index contributed by atoms with van der Waals surface area (Å²) in [6, 6.07) is 6.72. The number of carbonyl (C=O) groups is 1. The third-order valence-electron chi connectivity index (χ3n) is 4.16. The van der Waals surface area contributed by atoms with Gasteiger partial charge in [0.15, 0.2) is 0 Å². The molecule has 1 aromatic heterocycles. The molecule has 0 radical (unpaired) electrons. The molecule has 0 spiro atoms. The molecule has 0 saturated carbocycles. The van der Waals surface area contributed by atoms with Crippen LogP contribution in [-0.4, -0.2) is 22.0 Å². The third kappa shape index (κ3) is 3.06. The lowest BCUT2D eigenvalue weighted by atomic mass is 10.0. The molecule has 2 amide bonds. The summed E-state index contributed by atoms with van der Waals surface area (Å²) in [7, 11) is 0. The van der Waals surface area contributed by atoms with Gasteiger partial charge in [-0.2, -0.15) is 0 Å². The molecule has 1 atom stereocenters. The Morgan fingerprint density at radius 1 is 1.30 bits per heavy atom. The van der Waals surface area contributed by atoms with Gasteiger partial charge in [0.2, 0.25) is 0 Å². The fraction of sp³-hybridized carbons (Fsp3) is 0.353. The maximum absolute atomic E-state index is 13.7. The van der Waals surface area contributed by atoms with Gasteiger partial charge in [-0.25, -0.2) is 13.6 Å². The van der Waals surface area contributed by atoms with Gasteiger partial charge in [-0.15, -0.1) is 0 Å². The van der Waals surface area contributed by atoms with E-state index in [4.69, 9.17) is 0 Å². The summed E-state index contributed by atoms with van der Waals surface area (Å²) in [5, 5.41) is 2.55. The van der Waals surface area contributed by atoms with Crippen molar-refractivity contribution in [2.75, 3.05) is 11.9 Å². The number of carbonyl (C=O) groups excluding carboxylic acids is 1. The first kappa shape index (κ1) is 15.5. The first-order valence-electron chi connectivity index (χ1n) is 7.78. The van der Waals surface area contributed by atoms with Gasteiger partial charge in [0, 0.05) is 31.0 Å². The fourth-order valence-electron chi connectivity index (χ4n) is 3.06. The van der Waals surface area contributed by atoms with Gasteiger partial charge >= 0.3 is 6.03 Å². The van der Waals surface area contributed by atoms with Crippen molar-refractivity contribution in [3.05, 3.63) is 53.9 Å². The molecule has 122 valence electrons. The van der Waals surface area contributed by atoms with Crippen LogP contribution in [0.3, 0.4) is 0 Å². The smallest absolute Gasteiger partial charge is 0.322 e. The van der Waals surface area contributed by atoms with Crippen LogP contribution in [0.2, 0.25) is 0 Å². The highest BCUT2D eigenvalue weighted by Crippen LogP contribution is 2.30. The first-order chi connectivity index (χ1) is 11.1. The van der Waals surface area contributed by atoms with E-state index >= 15 is 0 Å². The molecule has 2 heterocycles. The number of amides is 2. The molecule has 23 heavy (non-hydrogen) atoms. The van der Waals surface area contributed by atoms with Gasteiger partial charge in [-0.3, -0.25) is 0 Å². The Morgan fingerprint density at radius 3 is 2.87 bits per heavy atom. The molecule has 3 rings (SSSR count). The SMILES string of the molecule is CCC[C@@H]1c2cccn2CCN1C(=O)Nc1ccc(F)cc1F. The number of fused-ring (bicyclic) bond motifs is 1. The largest absolute Gasteiger partial charge is 0.348 e. The summed E-state index contributed by atoms with van der Waals surface area (Å²) >= 11 is 0. The number of benzene rings is 1. The molecule has 1 N–H and O–H groups in total. The number of anilines is 1. The Bertz CT molecular complexity index is 714. The Hall–Kier alpha value is -2.37. The quantitative estimate of drug-likeness (QED) is 0.906. The van der Waals surface area contributed by atoms with E-state index in [1.807, 2.05) is 18.3 Å². The van der Waals surface area contributed by atoms with Crippen LogP contribution in [0.1, 0.15) is 31.5 Å². The van der Waals surface area contributed by atoms with E-state index < -0.39 is 11.6 Å². The highest BCUT2D eigenvalue weighted by atomic mass is 19.1. The van der Waals surface area contributed by atoms with E-state index in [9.17, 15) is 13.6 Å². The summed E-state index contributed by atoms with van der Waals surface area (Å²) < 4.78 is 28.8. The van der Waals surface area contributed by atoms with Crippen molar-refractivity contribution in [1.29, 1.82) is 0 Å². The van der Waals surface area contributed by atoms with Gasteiger partial charge in [0.25, 0.3) is 0 Å². The summed E-state index contributed by atoms with van der Waals surface area (Å²) in [6.07, 6.45) is 3.78. The monoisotopic (exact) mass is 319 g/mol. The molecular formula is C17H19F2N3O. The number of halogens is 2. The molecule has 1 aliphatic heterocycles. The maximum Gasteiger partial charge on any atom is 0.322 e. The van der Waals surface area contributed by atoms with Crippen molar-refractivity contribution < 1.29 is 13.6 Å². The van der Waals surface area contributed by atoms with Gasteiger partial charge in [0.05, 0.1) is 11.7 Å². The minimum atomic E-state index is -0.772. The molecule has 2 aromatic rings. The van der Waals surface area contributed by atoms with Crippen molar-refractivity contribution in [2.24, 2.45) is 0 Å². The number of hydrogen-bond donors (Lipinski definition) is 1. The van der Waals surface area contributed by atoms with E-state index in [1.54, 1.807) is 4.90 Å². The second-order valence-corrected chi connectivity index (χ2v) is 5.68. The van der Waals surface area contributed by atoms with Crippen LogP contribution in [0, 0.1) is 11.6 Å². The number of nitrogens with one attached hydrogen (secondary N) is 1. The topological polar surface area (TPSA) is 37.3 Å². The molecule has 1 aliphatic rings. The zero-order valence-electron chi connectivity index (χ0n) is 12.9. The van der Waals surface area contributed by atoms with Gasteiger partial charge in [-0.1, -0.05) is 13.3 Å². The predicted molar refractivity (Wildman–Crippen MR) is 84.2 cm³/mol. The van der Waals surface area contributed by atoms with E-state index in [2.05, 4.69) is 16.8 Å². The number of rotatable bonds is 3. The molecule has 0 saturated heterocycles. The lowest BCUT2D eigenvalue weighted by Gasteiger charge is -2.37. The molecule has 0 bridgehead atoms. The first-order valence-corrected chi connectivity index (χ1v) is 7.78. The summed E-state index contributed by atoms with van der Waals surface area (Å²) in [5.41, 5.74) is 1.08. The van der Waals surface area contributed by atoms with Crippen molar-refractivity contribution in [3.8, 4) is 0 Å². The van der Waals surface area contributed by atoms with Crippen molar-refractivity contribution in [2.45, 2.75) is 32.4 Å². The summed E-state index contributed by atoms with van der Waals surface area (Å²) in [6.45, 7) is 3.33. The minimum Gasteiger partial charge on any atom is -0.348 e. The lowest BCUT2D eigenvalue weighted by Crippen LogP contribution is -2.44. The highest BCUT2D eigenvalue weighted by Gasteiger charge is 2.30. The van der Waals surface area contributed by atoms with Crippen LogP contribution < -0.4 is 5.32 Å². The molecule has 0 aliphatic carbocycles. The molecule has 6 heteroatoms. The minimum absolute atomic E-state index is 0.00685. The number of urea groups is 1. The zero-order chi connectivity index (χ0) is 16.4. The Kier molecular flexibility index (Phi) is 4.32. The predicted octanol–water partition coefficient (Wildman–Crippen LogP) is 4.16. The second-order valence-electron chi connectivity index (χ2n) is 5.68. The van der Waals surface area contributed by atoms with Crippen LogP contribution >= 0.6 is 0 Å². The van der Waals surface area contributed by atoms with Crippen LogP contribution in [0.5, 0.6) is 0 Å². The van der Waals surface area contributed by atoms with Gasteiger partial charge < -0.3 is 14.8 Å². The summed E-state index contributed by atoms with van der Waals surface area (Å²) in [5.74, 6) is -1.44. The zero-order valence-corrected chi connectivity index (χ0v) is 12.9. The van der Waals surface area contributed by atoms with Gasteiger partial charge in [-0.05, 0) is 30.7 Å². The number of hydrogen-bond acceptors (Lipinski definition) is 1. The third-order valence-corrected chi connectivity index (χ3v) is 4.16. The van der Waals surface area contributed by atoms with E-state index in [0.717, 1.165) is 30.7 Å². The van der Waals surface area contributed by atoms with Crippen LogP contribution in [0.4, 0.5) is 19.3 Å². The Balaban J connectivity index is 1.81. The standard InChI is InChI=1S/C17H19F2N3O/c1-2-4-16-15-5-3-8-21(15)9-10-22(16)17(23)20-14-7-6-12(18)11-13(14)19/h3,5-8,11,16H,2,4,9-10H2,1H3,(H,20,23)/t16-/m1/s1. The van der Waals surface area contributed by atoms with Crippen LogP contribution in [-0.2, 0) is 6.54 Å². The van der Waals surface area contributed by atoms with Crippen molar-refractivity contribution >= 4 is 11.7 Å².